The third-order valence-corrected chi connectivity index (χ3v) is 7.85. The first-order valence-electron chi connectivity index (χ1n) is 11.3. The molecule has 0 bridgehead atoms. The fourth-order valence-corrected chi connectivity index (χ4v) is 5.96. The molecular formula is C28H23NO5S. The second-order valence-corrected chi connectivity index (χ2v) is 10.4. The van der Waals surface area contributed by atoms with Crippen LogP contribution in [0.25, 0.3) is 33.1 Å². The maximum absolute atomic E-state index is 13.8. The molecule has 0 saturated heterocycles. The van der Waals surface area contributed by atoms with E-state index >= 15 is 0 Å². The van der Waals surface area contributed by atoms with Gasteiger partial charge < -0.3 is 9.21 Å². The number of Topliss-reactive ketones (excluding diaryl/α,β-unsaturated/α-hetero) is 1. The number of benzene rings is 3. The third kappa shape index (κ3) is 3.88. The van der Waals surface area contributed by atoms with Gasteiger partial charge in [-0.1, -0.05) is 66.2 Å². The van der Waals surface area contributed by atoms with Gasteiger partial charge in [0.2, 0.25) is 0 Å². The van der Waals surface area contributed by atoms with Crippen molar-refractivity contribution in [2.24, 2.45) is 0 Å². The van der Waals surface area contributed by atoms with Gasteiger partial charge >= 0.3 is 5.63 Å². The van der Waals surface area contributed by atoms with Crippen LogP contribution in [0.3, 0.4) is 0 Å². The lowest BCUT2D eigenvalue weighted by molar-refractivity contribution is -0.116. The molecule has 35 heavy (non-hydrogen) atoms. The molecule has 0 aliphatic carbocycles. The smallest absolute Gasteiger partial charge is 0.362 e. The highest BCUT2D eigenvalue weighted by Gasteiger charge is 2.29. The number of ketones is 1. The Balaban J connectivity index is 1.94. The standard InChI is InChI=1S/C28H23NO5S/c1-18-12-15-21(16-13-18)35(32,33)29-24-11-7-6-10-22(24)25-23(17-14-19(2)30)27(34-28(31)26(25)29)20-8-4-3-5-9-20/h3-13,15-16H,14,17H2,1-2H3. The Morgan fingerprint density at radius 1 is 0.914 bits per heavy atom. The van der Waals surface area contributed by atoms with Crippen LogP contribution in [0, 0.1) is 6.92 Å². The molecule has 0 atom stereocenters. The Morgan fingerprint density at radius 2 is 1.57 bits per heavy atom. The van der Waals surface area contributed by atoms with Crippen molar-refractivity contribution < 1.29 is 17.6 Å². The number of rotatable bonds is 6. The van der Waals surface area contributed by atoms with Gasteiger partial charge in [0.1, 0.15) is 11.5 Å². The van der Waals surface area contributed by atoms with E-state index in [0.717, 1.165) is 9.54 Å². The van der Waals surface area contributed by atoms with Crippen molar-refractivity contribution in [3.8, 4) is 11.3 Å². The zero-order valence-corrected chi connectivity index (χ0v) is 20.1. The number of hydrogen-bond acceptors (Lipinski definition) is 5. The molecule has 0 fully saturated rings. The Hall–Kier alpha value is -3.97. The number of fused-ring (bicyclic) bond motifs is 3. The highest BCUT2D eigenvalue weighted by Crippen LogP contribution is 2.37. The molecule has 7 heteroatoms. The number of carbonyl (C=O) groups excluding carboxylic acids is 1. The number of hydrogen-bond donors (Lipinski definition) is 0. The number of carbonyl (C=O) groups is 1. The second kappa shape index (κ2) is 8.67. The first-order valence-corrected chi connectivity index (χ1v) is 12.7. The van der Waals surface area contributed by atoms with Gasteiger partial charge in [-0.25, -0.2) is 17.2 Å². The van der Waals surface area contributed by atoms with E-state index in [1.54, 1.807) is 36.4 Å². The van der Waals surface area contributed by atoms with Crippen LogP contribution < -0.4 is 5.63 Å². The molecule has 2 heterocycles. The lowest BCUT2D eigenvalue weighted by Gasteiger charge is -2.12. The SMILES string of the molecule is CC(=O)CCc1c(-c2ccccc2)oc(=O)c2c1c1ccccc1n2S(=O)(=O)c1ccc(C)cc1. The average Bonchev–Trinajstić information content (AvgIpc) is 3.21. The predicted molar refractivity (Wildman–Crippen MR) is 136 cm³/mol. The second-order valence-electron chi connectivity index (χ2n) is 8.59. The molecule has 0 saturated carbocycles. The zero-order chi connectivity index (χ0) is 24.7. The molecule has 0 radical (unpaired) electrons. The van der Waals surface area contributed by atoms with Gasteiger partial charge in [-0.3, -0.25) is 0 Å². The fourth-order valence-electron chi connectivity index (χ4n) is 4.45. The first kappa shape index (κ1) is 22.8. The lowest BCUT2D eigenvalue weighted by Crippen LogP contribution is -2.17. The predicted octanol–water partition coefficient (Wildman–Crippen LogP) is 5.48. The summed E-state index contributed by atoms with van der Waals surface area (Å²) in [7, 11) is -4.12. The summed E-state index contributed by atoms with van der Waals surface area (Å²) >= 11 is 0. The summed E-state index contributed by atoms with van der Waals surface area (Å²) in [5.74, 6) is 0.333. The van der Waals surface area contributed by atoms with Gasteiger partial charge in [-0.15, -0.1) is 0 Å². The van der Waals surface area contributed by atoms with Gasteiger partial charge in [-0.05, 0) is 38.5 Å². The van der Waals surface area contributed by atoms with Crippen LogP contribution >= 0.6 is 0 Å². The molecule has 0 unspecified atom stereocenters. The summed E-state index contributed by atoms with van der Waals surface area (Å²) in [5, 5.41) is 1.11. The maximum atomic E-state index is 13.8. The molecule has 176 valence electrons. The summed E-state index contributed by atoms with van der Waals surface area (Å²) in [4.78, 5) is 25.5. The van der Waals surface area contributed by atoms with E-state index in [1.807, 2.05) is 37.3 Å². The molecule has 5 rings (SSSR count). The van der Waals surface area contributed by atoms with E-state index in [1.165, 1.54) is 19.1 Å². The van der Waals surface area contributed by atoms with Crippen LogP contribution in [-0.4, -0.2) is 18.2 Å². The summed E-state index contributed by atoms with van der Waals surface area (Å²) in [5.41, 5.74) is 1.81. The Morgan fingerprint density at radius 3 is 2.26 bits per heavy atom. The fraction of sp³-hybridized carbons (Fsp3) is 0.143. The van der Waals surface area contributed by atoms with Crippen LogP contribution in [0.4, 0.5) is 0 Å². The number of aryl methyl sites for hydroxylation is 2. The molecule has 0 spiro atoms. The topological polar surface area (TPSA) is 86.3 Å². The Kier molecular flexibility index (Phi) is 5.65. The monoisotopic (exact) mass is 485 g/mol. The molecule has 2 aromatic heterocycles. The van der Waals surface area contributed by atoms with Crippen molar-refractivity contribution in [3.63, 3.8) is 0 Å². The van der Waals surface area contributed by atoms with Crippen molar-refractivity contribution in [3.05, 3.63) is 100 Å². The average molecular weight is 486 g/mol. The molecule has 0 amide bonds. The third-order valence-electron chi connectivity index (χ3n) is 6.12. The van der Waals surface area contributed by atoms with Crippen molar-refractivity contribution >= 4 is 37.6 Å². The summed E-state index contributed by atoms with van der Waals surface area (Å²) in [6.07, 6.45) is 0.533. The zero-order valence-electron chi connectivity index (χ0n) is 19.3. The van der Waals surface area contributed by atoms with Gasteiger partial charge in [0.05, 0.1) is 10.4 Å². The molecule has 0 aliphatic rings. The van der Waals surface area contributed by atoms with E-state index in [-0.39, 0.29) is 22.6 Å². The summed E-state index contributed by atoms with van der Waals surface area (Å²) in [6, 6.07) is 22.7. The highest BCUT2D eigenvalue weighted by molar-refractivity contribution is 7.90. The lowest BCUT2D eigenvalue weighted by atomic mass is 9.97. The minimum Gasteiger partial charge on any atom is -0.421 e. The van der Waals surface area contributed by atoms with Crippen molar-refractivity contribution in [1.82, 2.24) is 3.97 Å². The van der Waals surface area contributed by atoms with Crippen molar-refractivity contribution in [1.29, 1.82) is 0 Å². The van der Waals surface area contributed by atoms with Gasteiger partial charge in [-0.2, -0.15) is 0 Å². The van der Waals surface area contributed by atoms with Crippen molar-refractivity contribution in [2.75, 3.05) is 0 Å². The largest absolute Gasteiger partial charge is 0.421 e. The minimum atomic E-state index is -4.12. The Labute approximate surface area is 202 Å². The van der Waals surface area contributed by atoms with Crippen LogP contribution in [0.2, 0.25) is 0 Å². The number of aromatic nitrogens is 1. The van der Waals surface area contributed by atoms with Crippen LogP contribution in [0.15, 0.2) is 93.0 Å². The van der Waals surface area contributed by atoms with Gasteiger partial charge in [0, 0.05) is 28.3 Å². The van der Waals surface area contributed by atoms with E-state index in [2.05, 4.69) is 0 Å². The van der Waals surface area contributed by atoms with Crippen LogP contribution in [0.5, 0.6) is 0 Å². The number of para-hydroxylation sites is 1. The minimum absolute atomic E-state index is 0.0145. The summed E-state index contributed by atoms with van der Waals surface area (Å²) < 4.78 is 34.6. The summed E-state index contributed by atoms with van der Waals surface area (Å²) in [6.45, 7) is 3.38. The molecule has 0 aliphatic heterocycles. The Bertz CT molecular complexity index is 1750. The van der Waals surface area contributed by atoms with E-state index < -0.39 is 15.6 Å². The highest BCUT2D eigenvalue weighted by atomic mass is 32.2. The molecular weight excluding hydrogens is 462 g/mol. The van der Waals surface area contributed by atoms with Crippen LogP contribution in [0.1, 0.15) is 24.5 Å². The van der Waals surface area contributed by atoms with Gasteiger partial charge in [0.15, 0.2) is 5.52 Å². The normalized spacial score (nSPS) is 11.8. The molecule has 5 aromatic rings. The first-order chi connectivity index (χ1) is 16.8. The van der Waals surface area contributed by atoms with Crippen LogP contribution in [-0.2, 0) is 21.2 Å². The van der Waals surface area contributed by atoms with E-state index in [4.69, 9.17) is 4.42 Å². The van der Waals surface area contributed by atoms with E-state index in [0.29, 0.717) is 39.6 Å². The van der Waals surface area contributed by atoms with Gasteiger partial charge in [0.25, 0.3) is 10.0 Å². The molecule has 3 aromatic carbocycles. The molecule has 0 N–H and O–H groups in total. The van der Waals surface area contributed by atoms with E-state index in [9.17, 15) is 18.0 Å². The molecule has 6 nitrogen and oxygen atoms in total. The number of nitrogens with zero attached hydrogens (tertiary/aromatic N) is 1. The maximum Gasteiger partial charge on any atom is 0.362 e. The quantitative estimate of drug-likeness (QED) is 0.318. The van der Waals surface area contributed by atoms with Crippen molar-refractivity contribution in [2.45, 2.75) is 31.6 Å².